The maximum atomic E-state index is 5.66. The Labute approximate surface area is 116 Å². The van der Waals surface area contributed by atoms with E-state index >= 15 is 0 Å². The number of aromatic nitrogens is 2. The van der Waals surface area contributed by atoms with E-state index in [4.69, 9.17) is 4.74 Å². The third-order valence-electron chi connectivity index (χ3n) is 3.00. The number of nitrogens with zero attached hydrogens (tertiary/aromatic N) is 2. The predicted molar refractivity (Wildman–Crippen MR) is 78.9 cm³/mol. The number of benzene rings is 1. The normalized spacial score (nSPS) is 11.0. The van der Waals surface area contributed by atoms with Crippen LogP contribution in [0, 0.1) is 0 Å². The second-order valence-electron chi connectivity index (χ2n) is 4.44. The Hall–Kier alpha value is -1.81. The molecule has 0 saturated carbocycles. The zero-order valence-corrected chi connectivity index (χ0v) is 11.7. The summed E-state index contributed by atoms with van der Waals surface area (Å²) in [6.07, 6.45) is 4.99. The van der Waals surface area contributed by atoms with Gasteiger partial charge in [0.2, 0.25) is 0 Å². The SMILES string of the molecule is CCCOc1ccc2c(ccn2Cc2nccs2)c1. The van der Waals surface area contributed by atoms with E-state index in [0.29, 0.717) is 0 Å². The summed E-state index contributed by atoms with van der Waals surface area (Å²) in [4.78, 5) is 4.33. The highest BCUT2D eigenvalue weighted by molar-refractivity contribution is 7.09. The van der Waals surface area contributed by atoms with Crippen LogP contribution in [0.25, 0.3) is 10.9 Å². The Morgan fingerprint density at radius 3 is 3.05 bits per heavy atom. The molecule has 0 bridgehead atoms. The van der Waals surface area contributed by atoms with Gasteiger partial charge in [-0.15, -0.1) is 11.3 Å². The highest BCUT2D eigenvalue weighted by atomic mass is 32.1. The van der Waals surface area contributed by atoms with Crippen molar-refractivity contribution in [1.82, 2.24) is 9.55 Å². The lowest BCUT2D eigenvalue weighted by Crippen LogP contribution is -1.97. The number of rotatable bonds is 5. The van der Waals surface area contributed by atoms with Gasteiger partial charge in [0.15, 0.2) is 0 Å². The molecular weight excluding hydrogens is 256 g/mol. The molecule has 19 heavy (non-hydrogen) atoms. The van der Waals surface area contributed by atoms with Crippen molar-refractivity contribution in [2.75, 3.05) is 6.61 Å². The fourth-order valence-corrected chi connectivity index (χ4v) is 2.72. The average Bonchev–Trinajstić information content (AvgIpc) is 3.07. The zero-order valence-electron chi connectivity index (χ0n) is 10.9. The molecular formula is C15H16N2OS. The van der Waals surface area contributed by atoms with Crippen LogP contribution in [-0.2, 0) is 6.54 Å². The van der Waals surface area contributed by atoms with Crippen molar-refractivity contribution in [3.05, 3.63) is 47.0 Å². The van der Waals surface area contributed by atoms with E-state index in [-0.39, 0.29) is 0 Å². The van der Waals surface area contributed by atoms with Crippen LogP contribution in [0.1, 0.15) is 18.4 Å². The van der Waals surface area contributed by atoms with Gasteiger partial charge in [-0.05, 0) is 30.7 Å². The number of thiazole rings is 1. The second-order valence-corrected chi connectivity index (χ2v) is 5.42. The van der Waals surface area contributed by atoms with Gasteiger partial charge in [-0.1, -0.05) is 6.92 Å². The monoisotopic (exact) mass is 272 g/mol. The molecule has 0 atom stereocenters. The smallest absolute Gasteiger partial charge is 0.120 e. The van der Waals surface area contributed by atoms with Crippen LogP contribution in [0.4, 0.5) is 0 Å². The fraction of sp³-hybridized carbons (Fsp3) is 0.267. The minimum Gasteiger partial charge on any atom is -0.494 e. The second kappa shape index (κ2) is 5.45. The summed E-state index contributed by atoms with van der Waals surface area (Å²) in [6, 6.07) is 8.38. The van der Waals surface area contributed by atoms with E-state index in [1.807, 2.05) is 17.6 Å². The highest BCUT2D eigenvalue weighted by Gasteiger charge is 2.04. The first kappa shape index (κ1) is 12.2. The Kier molecular flexibility index (Phi) is 3.51. The molecule has 0 fully saturated rings. The molecule has 3 nitrogen and oxygen atoms in total. The van der Waals surface area contributed by atoms with Crippen molar-refractivity contribution in [1.29, 1.82) is 0 Å². The molecule has 3 aromatic rings. The van der Waals surface area contributed by atoms with Crippen molar-refractivity contribution in [2.24, 2.45) is 0 Å². The standard InChI is InChI=1S/C15H16N2OS/c1-2-8-18-13-3-4-14-12(10-13)5-7-17(14)11-15-16-6-9-19-15/h3-7,9-10H,2,8,11H2,1H3. The molecule has 1 aromatic carbocycles. The van der Waals surface area contributed by atoms with Crippen molar-refractivity contribution >= 4 is 22.2 Å². The van der Waals surface area contributed by atoms with Gasteiger partial charge in [-0.25, -0.2) is 4.98 Å². The summed E-state index contributed by atoms with van der Waals surface area (Å²) in [5.74, 6) is 0.946. The molecule has 0 saturated heterocycles. The summed E-state index contributed by atoms with van der Waals surface area (Å²) in [7, 11) is 0. The lowest BCUT2D eigenvalue weighted by atomic mass is 10.2. The molecule has 0 aliphatic carbocycles. The first-order chi connectivity index (χ1) is 9.36. The average molecular weight is 272 g/mol. The summed E-state index contributed by atoms with van der Waals surface area (Å²) in [6.45, 7) is 3.71. The van der Waals surface area contributed by atoms with Crippen molar-refractivity contribution < 1.29 is 4.74 Å². The largest absolute Gasteiger partial charge is 0.494 e. The number of hydrogen-bond donors (Lipinski definition) is 0. The van der Waals surface area contributed by atoms with Gasteiger partial charge < -0.3 is 9.30 Å². The van der Waals surface area contributed by atoms with Crippen LogP contribution < -0.4 is 4.74 Å². The van der Waals surface area contributed by atoms with Crippen molar-refractivity contribution in [3.8, 4) is 5.75 Å². The van der Waals surface area contributed by atoms with Crippen molar-refractivity contribution in [3.63, 3.8) is 0 Å². The van der Waals surface area contributed by atoms with Crippen LogP contribution >= 0.6 is 11.3 Å². The van der Waals surface area contributed by atoms with Crippen LogP contribution in [0.2, 0.25) is 0 Å². The highest BCUT2D eigenvalue weighted by Crippen LogP contribution is 2.23. The van der Waals surface area contributed by atoms with E-state index < -0.39 is 0 Å². The zero-order chi connectivity index (χ0) is 13.1. The lowest BCUT2D eigenvalue weighted by Gasteiger charge is -2.06. The van der Waals surface area contributed by atoms with Gasteiger partial charge in [0.25, 0.3) is 0 Å². The summed E-state index contributed by atoms with van der Waals surface area (Å²) >= 11 is 1.69. The Morgan fingerprint density at radius 2 is 2.26 bits per heavy atom. The summed E-state index contributed by atoms with van der Waals surface area (Å²) in [5.41, 5.74) is 1.22. The molecule has 0 aliphatic heterocycles. The van der Waals surface area contributed by atoms with Gasteiger partial charge in [0.05, 0.1) is 13.2 Å². The number of ether oxygens (including phenoxy) is 1. The Balaban J connectivity index is 1.87. The molecule has 0 radical (unpaired) electrons. The molecule has 0 N–H and O–H groups in total. The van der Waals surface area contributed by atoms with E-state index in [0.717, 1.165) is 30.3 Å². The van der Waals surface area contributed by atoms with E-state index in [1.165, 1.54) is 10.9 Å². The molecule has 2 heterocycles. The summed E-state index contributed by atoms with van der Waals surface area (Å²) < 4.78 is 7.88. The predicted octanol–water partition coefficient (Wildman–Crippen LogP) is 3.93. The van der Waals surface area contributed by atoms with Gasteiger partial charge in [0, 0.05) is 28.7 Å². The van der Waals surface area contributed by atoms with Gasteiger partial charge in [-0.2, -0.15) is 0 Å². The third-order valence-corrected chi connectivity index (χ3v) is 3.77. The van der Waals surface area contributed by atoms with Crippen LogP contribution in [0.15, 0.2) is 42.0 Å². The quantitative estimate of drug-likeness (QED) is 0.703. The topological polar surface area (TPSA) is 27.1 Å². The molecule has 0 spiro atoms. The maximum Gasteiger partial charge on any atom is 0.120 e. The molecule has 3 rings (SSSR count). The van der Waals surface area contributed by atoms with Crippen LogP contribution in [0.3, 0.4) is 0 Å². The molecule has 0 aliphatic rings. The minimum atomic E-state index is 0.769. The van der Waals surface area contributed by atoms with E-state index in [2.05, 4.69) is 40.9 Å². The molecule has 0 amide bonds. The Morgan fingerprint density at radius 1 is 1.32 bits per heavy atom. The molecule has 98 valence electrons. The number of fused-ring (bicyclic) bond motifs is 1. The molecule has 0 unspecified atom stereocenters. The van der Waals surface area contributed by atoms with Crippen molar-refractivity contribution in [2.45, 2.75) is 19.9 Å². The Bertz CT molecular complexity index is 658. The lowest BCUT2D eigenvalue weighted by molar-refractivity contribution is 0.318. The molecule has 4 heteroatoms. The first-order valence-corrected chi connectivity index (χ1v) is 7.35. The first-order valence-electron chi connectivity index (χ1n) is 6.47. The van der Waals surface area contributed by atoms with E-state index in [9.17, 15) is 0 Å². The fourth-order valence-electron chi connectivity index (χ4n) is 2.10. The number of hydrogen-bond acceptors (Lipinski definition) is 3. The summed E-state index contributed by atoms with van der Waals surface area (Å²) in [5, 5.41) is 4.35. The minimum absolute atomic E-state index is 0.769. The van der Waals surface area contributed by atoms with Crippen LogP contribution in [0.5, 0.6) is 5.75 Å². The molecule has 2 aromatic heterocycles. The van der Waals surface area contributed by atoms with Crippen LogP contribution in [-0.4, -0.2) is 16.2 Å². The maximum absolute atomic E-state index is 5.66. The van der Waals surface area contributed by atoms with Gasteiger partial charge in [-0.3, -0.25) is 0 Å². The third kappa shape index (κ3) is 2.63. The van der Waals surface area contributed by atoms with E-state index in [1.54, 1.807) is 11.3 Å². The van der Waals surface area contributed by atoms with Gasteiger partial charge in [0.1, 0.15) is 10.8 Å². The van der Waals surface area contributed by atoms with Gasteiger partial charge >= 0.3 is 0 Å².